The van der Waals surface area contributed by atoms with Crippen LogP contribution in [0.1, 0.15) is 10.6 Å². The standard InChI is InChI=1S/C22H13ClN2S/c23-19-10-8-16(9-11-19)21-14-26-22(25-21)18(13-24)12-17-6-3-5-15-4-1-2-7-20(15)17/h1-12,14H. The summed E-state index contributed by atoms with van der Waals surface area (Å²) >= 11 is 7.42. The lowest BCUT2D eigenvalue weighted by molar-refractivity contribution is 1.37. The third-order valence-electron chi connectivity index (χ3n) is 4.12. The van der Waals surface area contributed by atoms with Crippen molar-refractivity contribution in [1.29, 1.82) is 5.26 Å². The minimum Gasteiger partial charge on any atom is -0.235 e. The minimum absolute atomic E-state index is 0.562. The molecule has 2 nitrogen and oxygen atoms in total. The predicted molar refractivity (Wildman–Crippen MR) is 110 cm³/mol. The van der Waals surface area contributed by atoms with Gasteiger partial charge >= 0.3 is 0 Å². The molecule has 0 saturated carbocycles. The second-order valence-electron chi connectivity index (χ2n) is 5.78. The van der Waals surface area contributed by atoms with Crippen LogP contribution < -0.4 is 0 Å². The zero-order chi connectivity index (χ0) is 17.9. The second kappa shape index (κ2) is 7.13. The highest BCUT2D eigenvalue weighted by atomic mass is 35.5. The van der Waals surface area contributed by atoms with E-state index < -0.39 is 0 Å². The molecule has 4 heteroatoms. The van der Waals surface area contributed by atoms with E-state index in [0.29, 0.717) is 15.6 Å². The molecule has 1 aromatic heterocycles. The molecule has 0 bridgehead atoms. The van der Waals surface area contributed by atoms with Gasteiger partial charge in [-0.05, 0) is 34.5 Å². The van der Waals surface area contributed by atoms with E-state index in [1.54, 1.807) is 0 Å². The average Bonchev–Trinajstić information content (AvgIpc) is 3.16. The van der Waals surface area contributed by atoms with Gasteiger partial charge in [-0.2, -0.15) is 5.26 Å². The van der Waals surface area contributed by atoms with Crippen LogP contribution in [0.3, 0.4) is 0 Å². The Morgan fingerprint density at radius 2 is 1.77 bits per heavy atom. The monoisotopic (exact) mass is 372 g/mol. The number of fused-ring (bicyclic) bond motifs is 1. The number of nitrogens with zero attached hydrogens (tertiary/aromatic N) is 2. The topological polar surface area (TPSA) is 36.7 Å². The third kappa shape index (κ3) is 3.25. The number of allylic oxidation sites excluding steroid dienone is 1. The molecule has 1 heterocycles. The first kappa shape index (κ1) is 16.5. The van der Waals surface area contributed by atoms with Crippen LogP contribution >= 0.6 is 22.9 Å². The number of thiazole rings is 1. The molecule has 0 saturated heterocycles. The van der Waals surface area contributed by atoms with Gasteiger partial charge in [0.2, 0.25) is 0 Å². The lowest BCUT2D eigenvalue weighted by Gasteiger charge is -2.02. The number of nitriles is 1. The largest absolute Gasteiger partial charge is 0.235 e. The fourth-order valence-electron chi connectivity index (χ4n) is 2.82. The molecular formula is C22H13ClN2S. The molecule has 124 valence electrons. The SMILES string of the molecule is N#CC(=Cc1cccc2ccccc12)c1nc(-c2ccc(Cl)cc2)cs1. The van der Waals surface area contributed by atoms with Crippen molar-refractivity contribution in [3.8, 4) is 17.3 Å². The highest BCUT2D eigenvalue weighted by molar-refractivity contribution is 7.11. The van der Waals surface area contributed by atoms with E-state index in [2.05, 4.69) is 29.3 Å². The lowest BCUT2D eigenvalue weighted by atomic mass is 10.0. The fraction of sp³-hybridized carbons (Fsp3) is 0. The van der Waals surface area contributed by atoms with Crippen molar-refractivity contribution in [3.05, 3.63) is 87.7 Å². The van der Waals surface area contributed by atoms with Gasteiger partial charge in [0.1, 0.15) is 11.1 Å². The lowest BCUT2D eigenvalue weighted by Crippen LogP contribution is -1.84. The van der Waals surface area contributed by atoms with Crippen LogP contribution in [0.5, 0.6) is 0 Å². The zero-order valence-corrected chi connectivity index (χ0v) is 15.3. The summed E-state index contributed by atoms with van der Waals surface area (Å²) in [7, 11) is 0. The number of aromatic nitrogens is 1. The Balaban J connectivity index is 1.75. The van der Waals surface area contributed by atoms with E-state index in [9.17, 15) is 5.26 Å². The second-order valence-corrected chi connectivity index (χ2v) is 7.08. The Labute approximate surface area is 160 Å². The average molecular weight is 373 g/mol. The summed E-state index contributed by atoms with van der Waals surface area (Å²) in [5.74, 6) is 0. The van der Waals surface area contributed by atoms with Crippen molar-refractivity contribution in [2.45, 2.75) is 0 Å². The predicted octanol–water partition coefficient (Wildman–Crippen LogP) is 6.68. The highest BCUT2D eigenvalue weighted by Crippen LogP contribution is 2.29. The number of benzene rings is 3. The van der Waals surface area contributed by atoms with Gasteiger partial charge in [0.05, 0.1) is 11.3 Å². The van der Waals surface area contributed by atoms with Crippen LogP contribution in [0.15, 0.2) is 72.1 Å². The maximum absolute atomic E-state index is 9.66. The Kier molecular flexibility index (Phi) is 4.53. The zero-order valence-electron chi connectivity index (χ0n) is 13.7. The molecule has 0 unspecified atom stereocenters. The highest BCUT2D eigenvalue weighted by Gasteiger charge is 2.10. The summed E-state index contributed by atoms with van der Waals surface area (Å²) in [5.41, 5.74) is 3.41. The van der Waals surface area contributed by atoms with Crippen molar-refractivity contribution >= 4 is 45.4 Å². The van der Waals surface area contributed by atoms with Gasteiger partial charge in [-0.1, -0.05) is 66.2 Å². The molecule has 26 heavy (non-hydrogen) atoms. The molecule has 0 N–H and O–H groups in total. The van der Waals surface area contributed by atoms with E-state index in [0.717, 1.165) is 27.6 Å². The van der Waals surface area contributed by atoms with Crippen LogP contribution in [0, 0.1) is 11.3 Å². The number of rotatable bonds is 3. The summed E-state index contributed by atoms with van der Waals surface area (Å²) in [5, 5.41) is 15.3. The molecular weight excluding hydrogens is 360 g/mol. The van der Waals surface area contributed by atoms with E-state index in [1.165, 1.54) is 11.3 Å². The summed E-state index contributed by atoms with van der Waals surface area (Å²) in [6.45, 7) is 0. The molecule has 0 atom stereocenters. The van der Waals surface area contributed by atoms with E-state index in [1.807, 2.05) is 60.0 Å². The van der Waals surface area contributed by atoms with E-state index in [-0.39, 0.29) is 0 Å². The summed E-state index contributed by atoms with van der Waals surface area (Å²) in [4.78, 5) is 4.64. The van der Waals surface area contributed by atoms with Crippen LogP contribution in [0.4, 0.5) is 0 Å². The van der Waals surface area contributed by atoms with Crippen molar-refractivity contribution in [2.24, 2.45) is 0 Å². The Bertz CT molecular complexity index is 1150. The summed E-state index contributed by atoms with van der Waals surface area (Å²) in [6.07, 6.45) is 1.91. The van der Waals surface area contributed by atoms with Crippen molar-refractivity contribution < 1.29 is 0 Å². The maximum Gasteiger partial charge on any atom is 0.134 e. The molecule has 0 fully saturated rings. The van der Waals surface area contributed by atoms with Crippen LogP contribution in [0.25, 0.3) is 33.7 Å². The number of halogens is 1. The smallest absolute Gasteiger partial charge is 0.134 e. The quantitative estimate of drug-likeness (QED) is 0.376. The van der Waals surface area contributed by atoms with Gasteiger partial charge < -0.3 is 0 Å². The van der Waals surface area contributed by atoms with Crippen molar-refractivity contribution in [2.75, 3.05) is 0 Å². The van der Waals surface area contributed by atoms with Gasteiger partial charge in [0, 0.05) is 16.0 Å². The van der Waals surface area contributed by atoms with Crippen LogP contribution in [0.2, 0.25) is 5.02 Å². The van der Waals surface area contributed by atoms with E-state index >= 15 is 0 Å². The molecule has 3 aromatic carbocycles. The molecule has 0 aliphatic heterocycles. The Morgan fingerprint density at radius 1 is 1.00 bits per heavy atom. The van der Waals surface area contributed by atoms with Gasteiger partial charge in [0.15, 0.2) is 0 Å². The first-order valence-electron chi connectivity index (χ1n) is 8.06. The van der Waals surface area contributed by atoms with Gasteiger partial charge in [-0.25, -0.2) is 4.98 Å². The van der Waals surface area contributed by atoms with Crippen LogP contribution in [-0.2, 0) is 0 Å². The number of hydrogen-bond acceptors (Lipinski definition) is 3. The fourth-order valence-corrected chi connectivity index (χ4v) is 3.74. The van der Waals surface area contributed by atoms with Gasteiger partial charge in [-0.3, -0.25) is 0 Å². The molecule has 0 amide bonds. The number of hydrogen-bond donors (Lipinski definition) is 0. The van der Waals surface area contributed by atoms with Crippen LogP contribution in [-0.4, -0.2) is 4.98 Å². The van der Waals surface area contributed by atoms with E-state index in [4.69, 9.17) is 11.6 Å². The molecule has 4 rings (SSSR count). The maximum atomic E-state index is 9.66. The van der Waals surface area contributed by atoms with Crippen molar-refractivity contribution in [3.63, 3.8) is 0 Å². The molecule has 0 radical (unpaired) electrons. The Morgan fingerprint density at radius 3 is 2.58 bits per heavy atom. The minimum atomic E-state index is 0.562. The van der Waals surface area contributed by atoms with Gasteiger partial charge in [-0.15, -0.1) is 11.3 Å². The summed E-state index contributed by atoms with van der Waals surface area (Å²) < 4.78 is 0. The molecule has 4 aromatic rings. The first-order valence-corrected chi connectivity index (χ1v) is 9.32. The summed E-state index contributed by atoms with van der Waals surface area (Å²) in [6, 6.07) is 24.1. The first-order chi connectivity index (χ1) is 12.7. The van der Waals surface area contributed by atoms with Crippen molar-refractivity contribution in [1.82, 2.24) is 4.98 Å². The molecule has 0 aliphatic carbocycles. The van der Waals surface area contributed by atoms with Gasteiger partial charge in [0.25, 0.3) is 0 Å². The normalized spacial score (nSPS) is 11.5. The molecule has 0 spiro atoms. The molecule has 0 aliphatic rings. The third-order valence-corrected chi connectivity index (χ3v) is 5.25. The Hall–Kier alpha value is -2.93.